The summed E-state index contributed by atoms with van der Waals surface area (Å²) in [6.45, 7) is 5.98. The van der Waals surface area contributed by atoms with Crippen LogP contribution < -0.4 is 9.62 Å². The molecular formula is C24H31Cl2N3O4S. The van der Waals surface area contributed by atoms with Gasteiger partial charge in [0.15, 0.2) is 0 Å². The molecule has 10 heteroatoms. The maximum atomic E-state index is 13.2. The molecule has 34 heavy (non-hydrogen) atoms. The molecular weight excluding hydrogens is 497 g/mol. The van der Waals surface area contributed by atoms with Crippen LogP contribution in [0.2, 0.25) is 10.0 Å². The van der Waals surface area contributed by atoms with E-state index in [1.165, 1.54) is 9.21 Å². The van der Waals surface area contributed by atoms with Crippen LogP contribution in [0.4, 0.5) is 5.69 Å². The molecule has 0 heterocycles. The number of halogens is 2. The van der Waals surface area contributed by atoms with Crippen LogP contribution in [-0.4, -0.2) is 50.5 Å². The lowest BCUT2D eigenvalue weighted by Gasteiger charge is -2.30. The van der Waals surface area contributed by atoms with Crippen molar-refractivity contribution >= 4 is 50.7 Å². The molecule has 0 radical (unpaired) electrons. The normalized spacial score (nSPS) is 12.2. The molecule has 0 saturated carbocycles. The highest BCUT2D eigenvalue weighted by atomic mass is 35.5. The quantitative estimate of drug-likeness (QED) is 0.469. The van der Waals surface area contributed by atoms with Gasteiger partial charge in [0.25, 0.3) is 0 Å². The molecule has 2 rings (SSSR count). The molecule has 0 fully saturated rings. The highest BCUT2D eigenvalue weighted by Crippen LogP contribution is 2.27. The van der Waals surface area contributed by atoms with Gasteiger partial charge in [-0.25, -0.2) is 8.42 Å². The molecule has 1 N–H and O–H groups in total. The Morgan fingerprint density at radius 2 is 1.65 bits per heavy atom. The second kappa shape index (κ2) is 12.4. The molecule has 0 bridgehead atoms. The van der Waals surface area contributed by atoms with Crippen LogP contribution in [0, 0.1) is 6.92 Å². The topological polar surface area (TPSA) is 86.8 Å². The number of amides is 2. The van der Waals surface area contributed by atoms with E-state index in [1.807, 2.05) is 19.1 Å². The third kappa shape index (κ3) is 7.61. The molecule has 0 aliphatic rings. The maximum Gasteiger partial charge on any atom is 0.242 e. The van der Waals surface area contributed by atoms with Gasteiger partial charge in [-0.15, -0.1) is 0 Å². The summed E-state index contributed by atoms with van der Waals surface area (Å²) in [6.07, 6.45) is 1.45. The van der Waals surface area contributed by atoms with Crippen LogP contribution in [0.1, 0.15) is 37.8 Å². The standard InChI is InChI=1S/C24H31Cl2N3O4S/c1-5-27-24(31)18(3)28(16-20-21(25)8-6-9-22(20)26)23(30)10-7-15-29(34(4,32)33)19-13-11-17(2)12-14-19/h6,8-9,11-14,18H,5,7,10,15-16H2,1-4H3,(H,27,31). The molecule has 2 amide bonds. The number of anilines is 1. The fourth-order valence-electron chi connectivity index (χ4n) is 3.47. The molecule has 1 atom stereocenters. The Bertz CT molecular complexity index is 1090. The van der Waals surface area contributed by atoms with Crippen LogP contribution in [0.15, 0.2) is 42.5 Å². The number of carbonyl (C=O) groups excluding carboxylic acids is 2. The summed E-state index contributed by atoms with van der Waals surface area (Å²) in [5.74, 6) is -0.594. The molecule has 186 valence electrons. The summed E-state index contributed by atoms with van der Waals surface area (Å²) < 4.78 is 26.0. The predicted molar refractivity (Wildman–Crippen MR) is 138 cm³/mol. The smallest absolute Gasteiger partial charge is 0.242 e. The van der Waals surface area contributed by atoms with Gasteiger partial charge in [-0.3, -0.25) is 13.9 Å². The summed E-state index contributed by atoms with van der Waals surface area (Å²) >= 11 is 12.6. The SMILES string of the molecule is CCNC(=O)C(C)N(Cc1c(Cl)cccc1Cl)C(=O)CCCN(c1ccc(C)cc1)S(C)(=O)=O. The fourth-order valence-corrected chi connectivity index (χ4v) is 4.96. The number of carbonyl (C=O) groups is 2. The minimum Gasteiger partial charge on any atom is -0.355 e. The molecule has 2 aromatic carbocycles. The van der Waals surface area contributed by atoms with E-state index in [0.717, 1.165) is 11.8 Å². The van der Waals surface area contributed by atoms with E-state index in [0.29, 0.717) is 27.8 Å². The van der Waals surface area contributed by atoms with Crippen LogP contribution in [0.25, 0.3) is 0 Å². The Hall–Kier alpha value is -2.29. The van der Waals surface area contributed by atoms with E-state index >= 15 is 0 Å². The number of aryl methyl sites for hydroxylation is 1. The molecule has 0 aliphatic heterocycles. The summed E-state index contributed by atoms with van der Waals surface area (Å²) in [4.78, 5) is 27.2. The predicted octanol–water partition coefficient (Wildman–Crippen LogP) is 4.40. The monoisotopic (exact) mass is 527 g/mol. The van der Waals surface area contributed by atoms with E-state index in [9.17, 15) is 18.0 Å². The van der Waals surface area contributed by atoms with Crippen LogP contribution in [0.3, 0.4) is 0 Å². The summed E-state index contributed by atoms with van der Waals surface area (Å²) in [5.41, 5.74) is 2.10. The first-order chi connectivity index (χ1) is 16.0. The Kier molecular flexibility index (Phi) is 10.2. The summed E-state index contributed by atoms with van der Waals surface area (Å²) in [6, 6.07) is 11.4. The number of nitrogens with one attached hydrogen (secondary N) is 1. The molecule has 0 aliphatic carbocycles. The van der Waals surface area contributed by atoms with Crippen molar-refractivity contribution < 1.29 is 18.0 Å². The van der Waals surface area contributed by atoms with E-state index < -0.39 is 16.1 Å². The highest BCUT2D eigenvalue weighted by Gasteiger charge is 2.27. The number of benzene rings is 2. The van der Waals surface area contributed by atoms with Crippen molar-refractivity contribution in [1.29, 1.82) is 0 Å². The van der Waals surface area contributed by atoms with Crippen LogP contribution in [0.5, 0.6) is 0 Å². The second-order valence-corrected chi connectivity index (χ2v) is 10.8. The minimum absolute atomic E-state index is 0.0453. The Morgan fingerprint density at radius 1 is 1.06 bits per heavy atom. The first kappa shape index (κ1) is 28.0. The molecule has 7 nitrogen and oxygen atoms in total. The largest absolute Gasteiger partial charge is 0.355 e. The maximum absolute atomic E-state index is 13.2. The zero-order valence-corrected chi connectivity index (χ0v) is 22.2. The van der Waals surface area contributed by atoms with Crippen molar-refractivity contribution in [3.05, 3.63) is 63.6 Å². The average molecular weight is 529 g/mol. The van der Waals surface area contributed by atoms with E-state index in [4.69, 9.17) is 23.2 Å². The fraction of sp³-hybridized carbons (Fsp3) is 0.417. The zero-order chi connectivity index (χ0) is 25.5. The van der Waals surface area contributed by atoms with Gasteiger partial charge in [-0.1, -0.05) is 47.0 Å². The van der Waals surface area contributed by atoms with Crippen molar-refractivity contribution in [2.75, 3.05) is 23.7 Å². The lowest BCUT2D eigenvalue weighted by molar-refractivity contribution is -0.140. The molecule has 0 saturated heterocycles. The molecule has 0 spiro atoms. The number of sulfonamides is 1. The van der Waals surface area contributed by atoms with Gasteiger partial charge >= 0.3 is 0 Å². The zero-order valence-electron chi connectivity index (χ0n) is 19.8. The van der Waals surface area contributed by atoms with Gasteiger partial charge in [-0.2, -0.15) is 0 Å². The third-order valence-corrected chi connectivity index (χ3v) is 7.28. The van der Waals surface area contributed by atoms with Gasteiger partial charge < -0.3 is 10.2 Å². The van der Waals surface area contributed by atoms with E-state index in [-0.39, 0.29) is 37.7 Å². The molecule has 2 aromatic rings. The first-order valence-corrected chi connectivity index (χ1v) is 13.6. The molecule has 1 unspecified atom stereocenters. The number of nitrogens with zero attached hydrogens (tertiary/aromatic N) is 2. The molecule has 0 aromatic heterocycles. The number of likely N-dealkylation sites (N-methyl/N-ethyl adjacent to an activating group) is 1. The number of rotatable bonds is 11. The van der Waals surface area contributed by atoms with E-state index in [1.54, 1.807) is 44.2 Å². The van der Waals surface area contributed by atoms with Crippen molar-refractivity contribution in [2.45, 2.75) is 46.2 Å². The van der Waals surface area contributed by atoms with Crippen molar-refractivity contribution in [1.82, 2.24) is 10.2 Å². The van der Waals surface area contributed by atoms with Gasteiger partial charge in [0.05, 0.1) is 11.9 Å². The summed E-state index contributed by atoms with van der Waals surface area (Å²) in [5, 5.41) is 3.53. The van der Waals surface area contributed by atoms with Crippen molar-refractivity contribution in [3.8, 4) is 0 Å². The lowest BCUT2D eigenvalue weighted by Crippen LogP contribution is -2.47. The van der Waals surface area contributed by atoms with Crippen LogP contribution >= 0.6 is 23.2 Å². The Morgan fingerprint density at radius 3 is 2.18 bits per heavy atom. The number of hydrogen-bond donors (Lipinski definition) is 1. The van der Waals surface area contributed by atoms with Crippen molar-refractivity contribution in [2.24, 2.45) is 0 Å². The third-order valence-electron chi connectivity index (χ3n) is 5.38. The number of hydrogen-bond acceptors (Lipinski definition) is 4. The van der Waals surface area contributed by atoms with Gasteiger partial charge in [-0.05, 0) is 51.5 Å². The first-order valence-electron chi connectivity index (χ1n) is 11.0. The average Bonchev–Trinajstić information content (AvgIpc) is 2.76. The highest BCUT2D eigenvalue weighted by molar-refractivity contribution is 7.92. The van der Waals surface area contributed by atoms with E-state index in [2.05, 4.69) is 5.32 Å². The van der Waals surface area contributed by atoms with Crippen LogP contribution in [-0.2, 0) is 26.2 Å². The van der Waals surface area contributed by atoms with Gasteiger partial charge in [0.2, 0.25) is 21.8 Å². The summed E-state index contributed by atoms with van der Waals surface area (Å²) in [7, 11) is -3.54. The van der Waals surface area contributed by atoms with Gasteiger partial charge in [0.1, 0.15) is 6.04 Å². The van der Waals surface area contributed by atoms with Gasteiger partial charge in [0, 0.05) is 41.7 Å². The Balaban J connectivity index is 2.20. The van der Waals surface area contributed by atoms with Crippen molar-refractivity contribution in [3.63, 3.8) is 0 Å². The minimum atomic E-state index is -3.54. The lowest BCUT2D eigenvalue weighted by atomic mass is 10.1. The Labute approximate surface area is 212 Å². The second-order valence-electron chi connectivity index (χ2n) is 8.07.